The van der Waals surface area contributed by atoms with Gasteiger partial charge in [-0.1, -0.05) is 20.8 Å². The van der Waals surface area contributed by atoms with Crippen LogP contribution in [0.5, 0.6) is 0 Å². The Morgan fingerprint density at radius 2 is 2.17 bits per heavy atom. The lowest BCUT2D eigenvalue weighted by molar-refractivity contribution is 0.0143. The number of nitrogens with one attached hydrogen (secondary N) is 1. The largest absolute Gasteiger partial charge is 0.388 e. The maximum absolute atomic E-state index is 12.0. The summed E-state index contributed by atoms with van der Waals surface area (Å²) in [4.78, 5) is 14.0. The van der Waals surface area contributed by atoms with Crippen molar-refractivity contribution < 1.29 is 9.90 Å². The molecule has 1 atom stereocenters. The molecule has 1 amide bonds. The highest BCUT2D eigenvalue weighted by atomic mass is 32.1. The molecule has 0 saturated heterocycles. The topological polar surface area (TPSA) is 49.3 Å². The van der Waals surface area contributed by atoms with Gasteiger partial charge >= 0.3 is 0 Å². The molecule has 1 unspecified atom stereocenters. The molecule has 0 bridgehead atoms. The van der Waals surface area contributed by atoms with Crippen LogP contribution in [-0.2, 0) is 6.42 Å². The van der Waals surface area contributed by atoms with Gasteiger partial charge in [0.15, 0.2) is 0 Å². The molecule has 1 aromatic rings. The second-order valence-electron chi connectivity index (χ2n) is 5.26. The summed E-state index contributed by atoms with van der Waals surface area (Å²) >= 11 is 1.53. The summed E-state index contributed by atoms with van der Waals surface area (Å²) in [5, 5.41) is 12.9. The van der Waals surface area contributed by atoms with Crippen molar-refractivity contribution in [1.82, 2.24) is 5.32 Å². The summed E-state index contributed by atoms with van der Waals surface area (Å²) in [7, 11) is 0. The Morgan fingerprint density at radius 3 is 2.61 bits per heavy atom. The fourth-order valence-corrected chi connectivity index (χ4v) is 2.56. The van der Waals surface area contributed by atoms with Gasteiger partial charge in [0, 0.05) is 11.4 Å². The fraction of sp³-hybridized carbons (Fsp3) is 0.643. The Balaban J connectivity index is 2.66. The second kappa shape index (κ2) is 5.85. The highest BCUT2D eigenvalue weighted by Crippen LogP contribution is 2.22. The van der Waals surface area contributed by atoms with Crippen LogP contribution in [0, 0.1) is 12.8 Å². The van der Waals surface area contributed by atoms with E-state index < -0.39 is 5.60 Å². The molecule has 0 aromatic carbocycles. The predicted octanol–water partition coefficient (Wildman–Crippen LogP) is 2.76. The zero-order chi connectivity index (χ0) is 13.9. The molecule has 4 heteroatoms. The molecule has 0 radical (unpaired) electrons. The fourth-order valence-electron chi connectivity index (χ4n) is 1.53. The first-order valence-corrected chi connectivity index (χ1v) is 7.19. The number of rotatable bonds is 5. The lowest BCUT2D eigenvalue weighted by atomic mass is 9.92. The standard InChI is InChI=1S/C14H23NO2S/c1-6-11-10(4)7-12(18-11)13(16)15-8-14(5,17)9(2)3/h7,9,17H,6,8H2,1-5H3,(H,15,16). The van der Waals surface area contributed by atoms with Gasteiger partial charge in [0.25, 0.3) is 5.91 Å². The second-order valence-corrected chi connectivity index (χ2v) is 6.40. The average Bonchev–Trinajstić information content (AvgIpc) is 2.67. The van der Waals surface area contributed by atoms with Crippen molar-refractivity contribution in [2.75, 3.05) is 6.54 Å². The van der Waals surface area contributed by atoms with E-state index in [1.54, 1.807) is 6.92 Å². The third-order valence-corrected chi connectivity index (χ3v) is 4.80. The third kappa shape index (κ3) is 3.56. The molecule has 0 aliphatic rings. The van der Waals surface area contributed by atoms with Gasteiger partial charge in [-0.15, -0.1) is 11.3 Å². The quantitative estimate of drug-likeness (QED) is 0.863. The molecule has 102 valence electrons. The lowest BCUT2D eigenvalue weighted by Crippen LogP contribution is -2.44. The number of hydrogen-bond donors (Lipinski definition) is 2. The van der Waals surface area contributed by atoms with E-state index in [0.717, 1.165) is 11.3 Å². The Labute approximate surface area is 113 Å². The van der Waals surface area contributed by atoms with Gasteiger partial charge in [0.05, 0.1) is 10.5 Å². The Hall–Kier alpha value is -0.870. The minimum absolute atomic E-state index is 0.0938. The number of thiophene rings is 1. The Bertz CT molecular complexity index is 421. The number of carbonyl (C=O) groups is 1. The van der Waals surface area contributed by atoms with E-state index in [2.05, 4.69) is 12.2 Å². The van der Waals surface area contributed by atoms with E-state index in [4.69, 9.17) is 0 Å². The van der Waals surface area contributed by atoms with Crippen LogP contribution < -0.4 is 5.32 Å². The first kappa shape index (κ1) is 15.2. The third-order valence-electron chi connectivity index (χ3n) is 3.42. The molecule has 2 N–H and O–H groups in total. The normalized spacial score (nSPS) is 14.6. The average molecular weight is 269 g/mol. The van der Waals surface area contributed by atoms with Gasteiger partial charge in [-0.25, -0.2) is 0 Å². The lowest BCUT2D eigenvalue weighted by Gasteiger charge is -2.27. The highest BCUT2D eigenvalue weighted by molar-refractivity contribution is 7.14. The van der Waals surface area contributed by atoms with E-state index in [-0.39, 0.29) is 18.4 Å². The number of hydrogen-bond acceptors (Lipinski definition) is 3. The number of aryl methyl sites for hydroxylation is 2. The predicted molar refractivity (Wildman–Crippen MR) is 76.2 cm³/mol. The summed E-state index contributed by atoms with van der Waals surface area (Å²) in [5.74, 6) is 0.0119. The van der Waals surface area contributed by atoms with Crippen LogP contribution in [0.25, 0.3) is 0 Å². The van der Waals surface area contributed by atoms with Crippen LogP contribution in [0.1, 0.15) is 47.8 Å². The number of aliphatic hydroxyl groups is 1. The molecule has 0 aliphatic heterocycles. The zero-order valence-corrected chi connectivity index (χ0v) is 12.6. The van der Waals surface area contributed by atoms with Crippen LogP contribution in [0.15, 0.2) is 6.07 Å². The summed E-state index contributed by atoms with van der Waals surface area (Å²) < 4.78 is 0. The van der Waals surface area contributed by atoms with Gasteiger partial charge in [0.1, 0.15) is 0 Å². The SMILES string of the molecule is CCc1sc(C(=O)NCC(C)(O)C(C)C)cc1C. The van der Waals surface area contributed by atoms with Gasteiger partial charge in [-0.05, 0) is 37.8 Å². The molecule has 1 aromatic heterocycles. The summed E-state index contributed by atoms with van der Waals surface area (Å²) in [5.41, 5.74) is 0.304. The van der Waals surface area contributed by atoms with Crippen molar-refractivity contribution >= 4 is 17.2 Å². The molecule has 3 nitrogen and oxygen atoms in total. The van der Waals surface area contributed by atoms with E-state index in [9.17, 15) is 9.90 Å². The number of amides is 1. The van der Waals surface area contributed by atoms with Crippen LogP contribution in [-0.4, -0.2) is 23.2 Å². The summed E-state index contributed by atoms with van der Waals surface area (Å²) in [6.45, 7) is 10.0. The molecule has 1 heterocycles. The van der Waals surface area contributed by atoms with E-state index in [1.807, 2.05) is 26.8 Å². The van der Waals surface area contributed by atoms with Gasteiger partial charge in [-0.3, -0.25) is 4.79 Å². The Morgan fingerprint density at radius 1 is 1.56 bits per heavy atom. The Kier molecular flexibility index (Phi) is 4.93. The summed E-state index contributed by atoms with van der Waals surface area (Å²) in [6, 6.07) is 1.92. The van der Waals surface area contributed by atoms with E-state index in [1.165, 1.54) is 21.8 Å². The molecule has 0 fully saturated rings. The monoisotopic (exact) mass is 269 g/mol. The van der Waals surface area contributed by atoms with Crippen molar-refractivity contribution in [3.8, 4) is 0 Å². The molecular formula is C14H23NO2S. The maximum atomic E-state index is 12.0. The highest BCUT2D eigenvalue weighted by Gasteiger charge is 2.25. The van der Waals surface area contributed by atoms with Gasteiger partial charge in [-0.2, -0.15) is 0 Å². The summed E-state index contributed by atoms with van der Waals surface area (Å²) in [6.07, 6.45) is 0.952. The molecule has 18 heavy (non-hydrogen) atoms. The number of carbonyl (C=O) groups excluding carboxylic acids is 1. The zero-order valence-electron chi connectivity index (χ0n) is 11.8. The van der Waals surface area contributed by atoms with Crippen molar-refractivity contribution in [3.63, 3.8) is 0 Å². The van der Waals surface area contributed by atoms with Crippen molar-refractivity contribution in [2.45, 2.75) is 46.6 Å². The minimum atomic E-state index is -0.866. The van der Waals surface area contributed by atoms with E-state index in [0.29, 0.717) is 0 Å². The van der Waals surface area contributed by atoms with Crippen LogP contribution in [0.2, 0.25) is 0 Å². The van der Waals surface area contributed by atoms with Crippen molar-refractivity contribution in [2.24, 2.45) is 5.92 Å². The van der Waals surface area contributed by atoms with Crippen molar-refractivity contribution in [1.29, 1.82) is 0 Å². The molecular weight excluding hydrogens is 246 g/mol. The minimum Gasteiger partial charge on any atom is -0.388 e. The molecule has 0 saturated carbocycles. The van der Waals surface area contributed by atoms with E-state index >= 15 is 0 Å². The van der Waals surface area contributed by atoms with Gasteiger partial charge < -0.3 is 10.4 Å². The molecule has 0 spiro atoms. The van der Waals surface area contributed by atoms with Crippen LogP contribution >= 0.6 is 11.3 Å². The van der Waals surface area contributed by atoms with Crippen molar-refractivity contribution in [3.05, 3.63) is 21.4 Å². The van der Waals surface area contributed by atoms with Gasteiger partial charge in [0.2, 0.25) is 0 Å². The van der Waals surface area contributed by atoms with Crippen LogP contribution in [0.3, 0.4) is 0 Å². The molecule has 0 aliphatic carbocycles. The first-order chi connectivity index (χ1) is 8.27. The van der Waals surface area contributed by atoms with Crippen LogP contribution in [0.4, 0.5) is 0 Å². The molecule has 1 rings (SSSR count). The first-order valence-electron chi connectivity index (χ1n) is 6.37. The maximum Gasteiger partial charge on any atom is 0.261 e. The smallest absolute Gasteiger partial charge is 0.261 e.